The molecule has 1 heterocycles. The third-order valence-corrected chi connectivity index (χ3v) is 4.33. The predicted octanol–water partition coefficient (Wildman–Crippen LogP) is 1.16. The summed E-state index contributed by atoms with van der Waals surface area (Å²) in [5.41, 5.74) is 7.34. The van der Waals surface area contributed by atoms with Crippen LogP contribution in [0, 0.1) is 6.92 Å². The van der Waals surface area contributed by atoms with Gasteiger partial charge < -0.3 is 5.73 Å². The van der Waals surface area contributed by atoms with Gasteiger partial charge in [0.05, 0.1) is 16.8 Å². The van der Waals surface area contributed by atoms with Crippen molar-refractivity contribution in [3.05, 3.63) is 41.7 Å². The van der Waals surface area contributed by atoms with E-state index in [0.717, 1.165) is 0 Å². The van der Waals surface area contributed by atoms with E-state index in [2.05, 4.69) is 9.82 Å². The van der Waals surface area contributed by atoms with Gasteiger partial charge in [-0.2, -0.15) is 5.10 Å². The predicted molar refractivity (Wildman–Crippen MR) is 81.1 cm³/mol. The summed E-state index contributed by atoms with van der Waals surface area (Å²) in [6, 6.07) is 4.61. The van der Waals surface area contributed by atoms with Crippen molar-refractivity contribution in [3.8, 4) is 0 Å². The van der Waals surface area contributed by atoms with Crippen molar-refractivity contribution < 1.29 is 8.42 Å². The monoisotopic (exact) mass is 310 g/mol. The minimum absolute atomic E-state index is 0.152. The quantitative estimate of drug-likeness (QED) is 0.827. The number of nitrogens with one attached hydrogen (secondary N) is 1. The molecule has 2 aromatic rings. The first-order chi connectivity index (χ1) is 9.29. The molecule has 0 fully saturated rings. The molecule has 3 N–H and O–H groups in total. The van der Waals surface area contributed by atoms with Gasteiger partial charge in [0, 0.05) is 18.8 Å². The summed E-state index contributed by atoms with van der Waals surface area (Å²) in [6.45, 7) is 1.76. The first-order valence-corrected chi connectivity index (χ1v) is 7.60. The molecule has 0 radical (unpaired) electrons. The highest BCUT2D eigenvalue weighted by Gasteiger charge is 2.16. The standard InChI is InChI=1S/C12H14N4O2S2/c1-8-5-10(3-4-11(8)12(13)19)20(17,18)15-9-6-14-16(2)7-9/h3-7,15H,1-2H3,(H2,13,19). The van der Waals surface area contributed by atoms with Gasteiger partial charge in [-0.3, -0.25) is 9.40 Å². The van der Waals surface area contributed by atoms with Crippen LogP contribution in [0.1, 0.15) is 11.1 Å². The number of thiocarbonyl (C=S) groups is 1. The number of hydrogen-bond acceptors (Lipinski definition) is 4. The van der Waals surface area contributed by atoms with Crippen LogP contribution < -0.4 is 10.5 Å². The fourth-order valence-corrected chi connectivity index (χ4v) is 3.11. The number of sulfonamides is 1. The van der Waals surface area contributed by atoms with Gasteiger partial charge in [0.2, 0.25) is 0 Å². The summed E-state index contributed by atoms with van der Waals surface area (Å²) >= 11 is 4.90. The fourth-order valence-electron chi connectivity index (χ4n) is 1.77. The molecule has 106 valence electrons. The summed E-state index contributed by atoms with van der Waals surface area (Å²) in [4.78, 5) is 0.394. The highest BCUT2D eigenvalue weighted by Crippen LogP contribution is 2.18. The van der Waals surface area contributed by atoms with E-state index in [1.54, 1.807) is 26.2 Å². The molecule has 0 aliphatic heterocycles. The first kappa shape index (κ1) is 14.5. The SMILES string of the molecule is Cc1cc(S(=O)(=O)Nc2cnn(C)c2)ccc1C(N)=S. The number of hydrogen-bond donors (Lipinski definition) is 2. The summed E-state index contributed by atoms with van der Waals surface area (Å²) < 4.78 is 28.4. The van der Waals surface area contributed by atoms with Gasteiger partial charge in [-0.15, -0.1) is 0 Å². The molecule has 0 amide bonds. The molecule has 0 saturated heterocycles. The maximum Gasteiger partial charge on any atom is 0.262 e. The van der Waals surface area contributed by atoms with Crippen LogP contribution in [0.5, 0.6) is 0 Å². The van der Waals surface area contributed by atoms with Crippen molar-refractivity contribution in [2.45, 2.75) is 11.8 Å². The first-order valence-electron chi connectivity index (χ1n) is 5.71. The van der Waals surface area contributed by atoms with Gasteiger partial charge in [0.25, 0.3) is 10.0 Å². The van der Waals surface area contributed by atoms with E-state index in [1.807, 2.05) is 0 Å². The maximum atomic E-state index is 12.2. The second kappa shape index (κ2) is 5.22. The van der Waals surface area contributed by atoms with E-state index in [0.29, 0.717) is 16.8 Å². The van der Waals surface area contributed by atoms with E-state index in [9.17, 15) is 8.42 Å². The smallest absolute Gasteiger partial charge is 0.262 e. The molecule has 0 atom stereocenters. The lowest BCUT2D eigenvalue weighted by Gasteiger charge is -2.09. The van der Waals surface area contributed by atoms with Crippen LogP contribution in [0.4, 0.5) is 5.69 Å². The highest BCUT2D eigenvalue weighted by atomic mass is 32.2. The third kappa shape index (κ3) is 2.97. The molecule has 2 rings (SSSR count). The van der Waals surface area contributed by atoms with E-state index in [4.69, 9.17) is 18.0 Å². The van der Waals surface area contributed by atoms with Crippen molar-refractivity contribution >= 4 is 32.9 Å². The molecule has 0 saturated carbocycles. The zero-order chi connectivity index (χ0) is 14.9. The van der Waals surface area contributed by atoms with Crippen molar-refractivity contribution in [1.29, 1.82) is 0 Å². The van der Waals surface area contributed by atoms with Crippen molar-refractivity contribution in [3.63, 3.8) is 0 Å². The molecule has 8 heteroatoms. The molecule has 0 bridgehead atoms. The Morgan fingerprint density at radius 2 is 2.15 bits per heavy atom. The Bertz CT molecular complexity index is 766. The van der Waals surface area contributed by atoms with Crippen LogP contribution in [0.3, 0.4) is 0 Å². The zero-order valence-corrected chi connectivity index (χ0v) is 12.6. The van der Waals surface area contributed by atoms with E-state index >= 15 is 0 Å². The summed E-state index contributed by atoms with van der Waals surface area (Å²) in [7, 11) is -1.95. The number of aromatic nitrogens is 2. The molecule has 1 aromatic carbocycles. The third-order valence-electron chi connectivity index (χ3n) is 2.73. The summed E-state index contributed by atoms with van der Waals surface area (Å²) in [5, 5.41) is 3.91. The Morgan fingerprint density at radius 3 is 2.65 bits per heavy atom. The van der Waals surface area contributed by atoms with E-state index < -0.39 is 10.0 Å². The second-order valence-corrected chi connectivity index (χ2v) is 6.47. The number of nitrogens with zero attached hydrogens (tertiary/aromatic N) is 2. The normalized spacial score (nSPS) is 11.3. The lowest BCUT2D eigenvalue weighted by atomic mass is 10.1. The van der Waals surface area contributed by atoms with Gasteiger partial charge in [0.1, 0.15) is 4.99 Å². The number of aryl methyl sites for hydroxylation is 2. The molecule has 0 aliphatic carbocycles. The van der Waals surface area contributed by atoms with Gasteiger partial charge in [-0.25, -0.2) is 8.42 Å². The minimum Gasteiger partial charge on any atom is -0.389 e. The van der Waals surface area contributed by atoms with Crippen molar-refractivity contribution in [2.75, 3.05) is 4.72 Å². The Kier molecular flexibility index (Phi) is 3.78. The molecule has 0 spiro atoms. The summed E-state index contributed by atoms with van der Waals surface area (Å²) in [6.07, 6.45) is 3.02. The molecular weight excluding hydrogens is 296 g/mol. The van der Waals surface area contributed by atoms with E-state index in [1.165, 1.54) is 23.0 Å². The van der Waals surface area contributed by atoms with E-state index in [-0.39, 0.29) is 9.88 Å². The van der Waals surface area contributed by atoms with Crippen LogP contribution in [-0.4, -0.2) is 23.2 Å². The topological polar surface area (TPSA) is 90.0 Å². The number of anilines is 1. The zero-order valence-electron chi connectivity index (χ0n) is 11.0. The minimum atomic E-state index is -3.65. The van der Waals surface area contributed by atoms with Crippen molar-refractivity contribution in [2.24, 2.45) is 12.8 Å². The largest absolute Gasteiger partial charge is 0.389 e. The Hall–Kier alpha value is -1.93. The summed E-state index contributed by atoms with van der Waals surface area (Å²) in [5.74, 6) is 0. The van der Waals surface area contributed by atoms with Crippen molar-refractivity contribution in [1.82, 2.24) is 9.78 Å². The highest BCUT2D eigenvalue weighted by molar-refractivity contribution is 7.92. The van der Waals surface area contributed by atoms with Gasteiger partial charge in [0.15, 0.2) is 0 Å². The average molecular weight is 310 g/mol. The van der Waals surface area contributed by atoms with Crippen LogP contribution >= 0.6 is 12.2 Å². The fraction of sp³-hybridized carbons (Fsp3) is 0.167. The van der Waals surface area contributed by atoms with Crippen LogP contribution in [0.25, 0.3) is 0 Å². The number of nitrogens with two attached hydrogens (primary N) is 1. The Balaban J connectivity index is 2.35. The van der Waals surface area contributed by atoms with Gasteiger partial charge in [-0.1, -0.05) is 18.3 Å². The molecule has 1 aromatic heterocycles. The Morgan fingerprint density at radius 1 is 1.45 bits per heavy atom. The van der Waals surface area contributed by atoms with Gasteiger partial charge in [-0.05, 0) is 24.6 Å². The molecular formula is C12H14N4O2S2. The molecule has 0 unspecified atom stereocenters. The Labute approximate surface area is 122 Å². The number of rotatable bonds is 4. The molecule has 6 nitrogen and oxygen atoms in total. The van der Waals surface area contributed by atoms with Crippen LogP contribution in [0.15, 0.2) is 35.5 Å². The average Bonchev–Trinajstić information content (AvgIpc) is 2.73. The molecule has 0 aliphatic rings. The van der Waals surface area contributed by atoms with Crippen LogP contribution in [-0.2, 0) is 17.1 Å². The molecule has 20 heavy (non-hydrogen) atoms. The maximum absolute atomic E-state index is 12.2. The lowest BCUT2D eigenvalue weighted by Crippen LogP contribution is -2.15. The number of benzene rings is 1. The van der Waals surface area contributed by atoms with Crippen LogP contribution in [0.2, 0.25) is 0 Å². The van der Waals surface area contributed by atoms with Gasteiger partial charge >= 0.3 is 0 Å². The second-order valence-electron chi connectivity index (χ2n) is 4.35. The lowest BCUT2D eigenvalue weighted by molar-refractivity contribution is 0.601.